The Bertz CT molecular complexity index is 556. The van der Waals surface area contributed by atoms with Gasteiger partial charge in [-0.3, -0.25) is 4.57 Å². The zero-order chi connectivity index (χ0) is 14.5. The highest BCUT2D eigenvalue weighted by atomic mass is 79.9. The van der Waals surface area contributed by atoms with Gasteiger partial charge < -0.3 is 10.5 Å². The smallest absolute Gasteiger partial charge is 0.222 e. The summed E-state index contributed by atoms with van der Waals surface area (Å²) in [6.07, 6.45) is 0. The number of nitrogens with zero attached hydrogens (tertiary/aromatic N) is 3. The number of anilines is 1. The third-order valence-corrected chi connectivity index (χ3v) is 4.04. The Morgan fingerprint density at radius 3 is 2.65 bits per heavy atom. The monoisotopic (exact) mass is 356 g/mol. The van der Waals surface area contributed by atoms with E-state index >= 15 is 0 Å². The highest BCUT2D eigenvalue weighted by molar-refractivity contribution is 9.10. The zero-order valence-electron chi connectivity index (χ0n) is 11.4. The van der Waals surface area contributed by atoms with Gasteiger partial charge in [-0.2, -0.15) is 0 Å². The molecule has 2 aromatic rings. The lowest BCUT2D eigenvalue weighted by atomic mass is 10.3. The fourth-order valence-electron chi connectivity index (χ4n) is 1.70. The summed E-state index contributed by atoms with van der Waals surface area (Å²) in [4.78, 5) is 0. The molecule has 2 N–H and O–H groups in total. The number of aromatic nitrogens is 3. The average Bonchev–Trinajstić information content (AvgIpc) is 2.78. The number of nitrogens with two attached hydrogens (primary N) is 1. The van der Waals surface area contributed by atoms with Crippen LogP contribution in [0.2, 0.25) is 0 Å². The van der Waals surface area contributed by atoms with Crippen molar-refractivity contribution in [2.45, 2.75) is 25.0 Å². The van der Waals surface area contributed by atoms with Crippen LogP contribution >= 0.6 is 27.7 Å². The van der Waals surface area contributed by atoms with Gasteiger partial charge in [-0.1, -0.05) is 27.7 Å². The Kier molecular flexibility index (Phi) is 5.31. The molecule has 0 radical (unpaired) electrons. The van der Waals surface area contributed by atoms with Gasteiger partial charge in [0.05, 0.1) is 6.61 Å². The molecule has 1 aromatic carbocycles. The Morgan fingerprint density at radius 2 is 2.00 bits per heavy atom. The minimum atomic E-state index is 0.250. The van der Waals surface area contributed by atoms with E-state index in [-0.39, 0.29) is 6.04 Å². The van der Waals surface area contributed by atoms with E-state index < -0.39 is 0 Å². The molecule has 0 bridgehead atoms. The first-order valence-electron chi connectivity index (χ1n) is 6.29. The molecule has 0 fully saturated rings. The lowest BCUT2D eigenvalue weighted by Gasteiger charge is -2.11. The van der Waals surface area contributed by atoms with Gasteiger partial charge in [-0.25, -0.2) is 0 Å². The molecule has 0 saturated heterocycles. The number of rotatable bonds is 6. The second kappa shape index (κ2) is 6.99. The molecule has 0 unspecified atom stereocenters. The van der Waals surface area contributed by atoms with Gasteiger partial charge in [0.2, 0.25) is 5.95 Å². The first-order chi connectivity index (χ1) is 9.58. The third-order valence-electron chi connectivity index (χ3n) is 2.60. The molecular weight excluding hydrogens is 340 g/mol. The summed E-state index contributed by atoms with van der Waals surface area (Å²) in [6.45, 7) is 4.72. The van der Waals surface area contributed by atoms with Crippen molar-refractivity contribution < 1.29 is 4.74 Å². The lowest BCUT2D eigenvalue weighted by Crippen LogP contribution is -2.08. The van der Waals surface area contributed by atoms with Crippen molar-refractivity contribution in [3.63, 3.8) is 0 Å². The zero-order valence-corrected chi connectivity index (χ0v) is 13.8. The third kappa shape index (κ3) is 3.89. The molecule has 0 spiro atoms. The van der Waals surface area contributed by atoms with E-state index in [1.165, 1.54) is 0 Å². The fraction of sp³-hybridized carbons (Fsp3) is 0.385. The van der Waals surface area contributed by atoms with Crippen molar-refractivity contribution in [1.29, 1.82) is 0 Å². The molecule has 7 heteroatoms. The van der Waals surface area contributed by atoms with Crippen LogP contribution in [0.3, 0.4) is 0 Å². The maximum atomic E-state index is 5.79. The van der Waals surface area contributed by atoms with Crippen LogP contribution in [0.5, 0.6) is 5.75 Å². The summed E-state index contributed by atoms with van der Waals surface area (Å²) in [5.74, 6) is 2.11. The van der Waals surface area contributed by atoms with E-state index in [1.807, 2.05) is 28.8 Å². The van der Waals surface area contributed by atoms with Gasteiger partial charge in [-0.05, 0) is 38.1 Å². The first-order valence-corrected chi connectivity index (χ1v) is 8.07. The average molecular weight is 357 g/mol. The van der Waals surface area contributed by atoms with E-state index in [0.29, 0.717) is 12.6 Å². The van der Waals surface area contributed by atoms with Gasteiger partial charge in [0.15, 0.2) is 5.16 Å². The predicted octanol–water partition coefficient (Wildman–Crippen LogP) is 3.37. The maximum Gasteiger partial charge on any atom is 0.222 e. The number of ether oxygens (including phenoxy) is 1. The molecule has 0 atom stereocenters. The predicted molar refractivity (Wildman–Crippen MR) is 85.2 cm³/mol. The maximum absolute atomic E-state index is 5.79. The molecule has 0 saturated carbocycles. The number of hydrogen-bond donors (Lipinski definition) is 1. The minimum Gasteiger partial charge on any atom is -0.493 e. The summed E-state index contributed by atoms with van der Waals surface area (Å²) in [6, 6.07) is 8.03. The molecule has 5 nitrogen and oxygen atoms in total. The fourth-order valence-corrected chi connectivity index (χ4v) is 2.85. The second-order valence-electron chi connectivity index (χ2n) is 4.46. The Morgan fingerprint density at radius 1 is 1.30 bits per heavy atom. The van der Waals surface area contributed by atoms with E-state index in [1.54, 1.807) is 11.8 Å². The van der Waals surface area contributed by atoms with Crippen LogP contribution in [-0.2, 0) is 0 Å². The summed E-state index contributed by atoms with van der Waals surface area (Å²) in [5, 5.41) is 8.82. The van der Waals surface area contributed by atoms with Gasteiger partial charge in [-0.15, -0.1) is 10.2 Å². The summed E-state index contributed by atoms with van der Waals surface area (Å²) in [7, 11) is 0. The quantitative estimate of drug-likeness (QED) is 0.634. The molecule has 2 rings (SSSR count). The molecule has 0 aliphatic carbocycles. The topological polar surface area (TPSA) is 66.0 Å². The van der Waals surface area contributed by atoms with Crippen LogP contribution in [0, 0.1) is 0 Å². The Hall–Kier alpha value is -1.21. The van der Waals surface area contributed by atoms with Crippen LogP contribution in [-0.4, -0.2) is 27.1 Å². The van der Waals surface area contributed by atoms with Crippen LogP contribution in [0.25, 0.3) is 0 Å². The van der Waals surface area contributed by atoms with E-state index in [0.717, 1.165) is 21.1 Å². The molecule has 20 heavy (non-hydrogen) atoms. The van der Waals surface area contributed by atoms with E-state index in [9.17, 15) is 0 Å². The van der Waals surface area contributed by atoms with Crippen LogP contribution in [0.4, 0.5) is 5.95 Å². The van der Waals surface area contributed by atoms with Crippen molar-refractivity contribution in [3.05, 3.63) is 28.7 Å². The molecule has 0 aliphatic heterocycles. The lowest BCUT2D eigenvalue weighted by molar-refractivity contribution is 0.343. The summed E-state index contributed by atoms with van der Waals surface area (Å²) < 4.78 is 8.62. The molecule has 1 aromatic heterocycles. The van der Waals surface area contributed by atoms with Gasteiger partial charge in [0, 0.05) is 16.3 Å². The second-order valence-corrected chi connectivity index (χ2v) is 6.43. The minimum absolute atomic E-state index is 0.250. The van der Waals surface area contributed by atoms with Gasteiger partial charge in [0.1, 0.15) is 5.75 Å². The standard InChI is InChI=1S/C13H17BrN4OS/c1-9(2)18-12(15)16-17-13(18)20-8-7-19-11-5-3-10(14)4-6-11/h3-6,9H,7-8H2,1-2H3,(H2,15,16). The van der Waals surface area contributed by atoms with Crippen molar-refractivity contribution in [2.75, 3.05) is 18.1 Å². The van der Waals surface area contributed by atoms with Crippen molar-refractivity contribution in [1.82, 2.24) is 14.8 Å². The molecule has 0 aliphatic rings. The molecule has 0 amide bonds. The van der Waals surface area contributed by atoms with Gasteiger partial charge in [0.25, 0.3) is 0 Å². The molecular formula is C13H17BrN4OS. The summed E-state index contributed by atoms with van der Waals surface area (Å²) in [5.41, 5.74) is 5.79. The molecule has 1 heterocycles. The van der Waals surface area contributed by atoms with E-state index in [2.05, 4.69) is 40.0 Å². The highest BCUT2D eigenvalue weighted by Crippen LogP contribution is 2.22. The van der Waals surface area contributed by atoms with Crippen LogP contribution < -0.4 is 10.5 Å². The normalized spacial score (nSPS) is 11.0. The number of nitrogen functional groups attached to an aromatic ring is 1. The summed E-state index contributed by atoms with van der Waals surface area (Å²) >= 11 is 4.99. The van der Waals surface area contributed by atoms with Crippen molar-refractivity contribution in [2.24, 2.45) is 0 Å². The first kappa shape index (κ1) is 15.2. The van der Waals surface area contributed by atoms with Crippen LogP contribution in [0.1, 0.15) is 19.9 Å². The Balaban J connectivity index is 1.83. The number of halogens is 1. The van der Waals surface area contributed by atoms with E-state index in [4.69, 9.17) is 10.5 Å². The highest BCUT2D eigenvalue weighted by Gasteiger charge is 2.12. The molecule has 108 valence electrons. The largest absolute Gasteiger partial charge is 0.493 e. The van der Waals surface area contributed by atoms with Gasteiger partial charge >= 0.3 is 0 Å². The van der Waals surface area contributed by atoms with Crippen molar-refractivity contribution >= 4 is 33.6 Å². The number of benzene rings is 1. The number of thioether (sulfide) groups is 1. The SMILES string of the molecule is CC(C)n1c(N)nnc1SCCOc1ccc(Br)cc1. The van der Waals surface area contributed by atoms with Crippen molar-refractivity contribution in [3.8, 4) is 5.75 Å². The Labute approximate surface area is 131 Å². The van der Waals surface area contributed by atoms with Crippen LogP contribution in [0.15, 0.2) is 33.9 Å². The number of hydrogen-bond acceptors (Lipinski definition) is 5.